The number of hydrazone groups is 1. The number of nitrogens with zero attached hydrogens (tertiary/aromatic N) is 4. The molecule has 3 heterocycles. The molecule has 23 heavy (non-hydrogen) atoms. The Labute approximate surface area is 131 Å². The van der Waals surface area contributed by atoms with E-state index in [2.05, 4.69) is 35.8 Å². The molecule has 1 aromatic carbocycles. The minimum Gasteiger partial charge on any atom is -0.340 e. The Hall–Kier alpha value is -3.29. The lowest BCUT2D eigenvalue weighted by Gasteiger charge is -2.12. The van der Waals surface area contributed by atoms with Crippen molar-refractivity contribution in [3.8, 4) is 0 Å². The molecule has 0 bridgehead atoms. The first-order valence-electron chi connectivity index (χ1n) is 7.16. The summed E-state index contributed by atoms with van der Waals surface area (Å²) in [5.41, 5.74) is 6.65. The van der Waals surface area contributed by atoms with E-state index in [1.807, 2.05) is 24.3 Å². The summed E-state index contributed by atoms with van der Waals surface area (Å²) in [4.78, 5) is 26.6. The summed E-state index contributed by atoms with van der Waals surface area (Å²) >= 11 is 0. The summed E-state index contributed by atoms with van der Waals surface area (Å²) < 4.78 is 0. The van der Waals surface area contributed by atoms with Gasteiger partial charge in [-0.3, -0.25) is 4.79 Å². The largest absolute Gasteiger partial charge is 0.340 e. The number of aromatic nitrogens is 4. The predicted octanol–water partition coefficient (Wildman–Crippen LogP) is 1.71. The molecule has 114 valence electrons. The molecule has 8 heteroatoms. The third-order valence-electron chi connectivity index (χ3n) is 3.61. The van der Waals surface area contributed by atoms with E-state index in [0.717, 1.165) is 22.5 Å². The van der Waals surface area contributed by atoms with Crippen LogP contribution in [-0.2, 0) is 4.79 Å². The van der Waals surface area contributed by atoms with Gasteiger partial charge in [0.05, 0.1) is 12.0 Å². The number of amides is 1. The molecule has 2 aromatic heterocycles. The molecule has 0 saturated carbocycles. The monoisotopic (exact) mass is 307 g/mol. The standard InChI is InChI=1S/C15H13N7O/c23-12-6-5-11(21-22-12)9-1-3-10(4-2-9)20-15-13-14(17-7-16-13)18-8-19-15/h1-4,7-8H,5-6H2,(H,22,23)(H2,16,17,18,19,20). The van der Waals surface area contributed by atoms with Gasteiger partial charge in [0.2, 0.25) is 5.91 Å². The minimum absolute atomic E-state index is 0.0422. The lowest BCUT2D eigenvalue weighted by Crippen LogP contribution is -2.25. The van der Waals surface area contributed by atoms with Crippen LogP contribution in [0.3, 0.4) is 0 Å². The van der Waals surface area contributed by atoms with Gasteiger partial charge < -0.3 is 10.3 Å². The molecular formula is C15H13N7O. The van der Waals surface area contributed by atoms with Crippen molar-refractivity contribution in [3.63, 3.8) is 0 Å². The van der Waals surface area contributed by atoms with Crippen molar-refractivity contribution in [1.82, 2.24) is 25.4 Å². The van der Waals surface area contributed by atoms with E-state index >= 15 is 0 Å². The molecule has 0 saturated heterocycles. The zero-order valence-corrected chi connectivity index (χ0v) is 12.1. The zero-order chi connectivity index (χ0) is 15.6. The highest BCUT2D eigenvalue weighted by Gasteiger charge is 2.13. The van der Waals surface area contributed by atoms with Crippen LogP contribution in [0, 0.1) is 0 Å². The molecule has 3 aromatic rings. The van der Waals surface area contributed by atoms with Crippen molar-refractivity contribution < 1.29 is 4.79 Å². The second-order valence-corrected chi connectivity index (χ2v) is 5.12. The van der Waals surface area contributed by atoms with Crippen molar-refractivity contribution in [2.45, 2.75) is 12.8 Å². The smallest absolute Gasteiger partial charge is 0.240 e. The van der Waals surface area contributed by atoms with Gasteiger partial charge >= 0.3 is 0 Å². The Bertz CT molecular complexity index is 898. The second kappa shape index (κ2) is 5.48. The molecule has 0 atom stereocenters. The topological polar surface area (TPSA) is 108 Å². The Morgan fingerprint density at radius 2 is 1.91 bits per heavy atom. The van der Waals surface area contributed by atoms with Crippen molar-refractivity contribution in [2.75, 3.05) is 5.32 Å². The molecule has 1 aliphatic rings. The van der Waals surface area contributed by atoms with Crippen LogP contribution < -0.4 is 10.7 Å². The Morgan fingerprint density at radius 3 is 2.70 bits per heavy atom. The highest BCUT2D eigenvalue weighted by Crippen LogP contribution is 2.21. The molecule has 0 aliphatic carbocycles. The van der Waals surface area contributed by atoms with Crippen molar-refractivity contribution >= 4 is 34.3 Å². The lowest BCUT2D eigenvalue weighted by atomic mass is 10.0. The SMILES string of the molecule is O=C1CCC(c2ccc(Nc3ncnc4nc[nH]c34)cc2)=NN1. The van der Waals surface area contributed by atoms with Crippen LogP contribution in [-0.4, -0.2) is 31.6 Å². The van der Waals surface area contributed by atoms with Gasteiger partial charge in [0.25, 0.3) is 0 Å². The van der Waals surface area contributed by atoms with Gasteiger partial charge in [-0.2, -0.15) is 5.10 Å². The van der Waals surface area contributed by atoms with Gasteiger partial charge in [-0.05, 0) is 17.7 Å². The number of benzene rings is 1. The number of hydrogen-bond donors (Lipinski definition) is 3. The summed E-state index contributed by atoms with van der Waals surface area (Å²) in [5, 5.41) is 7.33. The first-order chi connectivity index (χ1) is 11.3. The van der Waals surface area contributed by atoms with Crippen LogP contribution in [0.25, 0.3) is 11.2 Å². The van der Waals surface area contributed by atoms with Crippen molar-refractivity contribution in [3.05, 3.63) is 42.5 Å². The maximum atomic E-state index is 11.1. The summed E-state index contributed by atoms with van der Waals surface area (Å²) in [6.45, 7) is 0. The molecule has 1 amide bonds. The molecule has 0 fully saturated rings. The number of aromatic amines is 1. The maximum absolute atomic E-state index is 11.1. The highest BCUT2D eigenvalue weighted by molar-refractivity contribution is 6.04. The van der Waals surface area contributed by atoms with Gasteiger partial charge in [-0.25, -0.2) is 20.4 Å². The average molecular weight is 307 g/mol. The minimum atomic E-state index is -0.0422. The molecule has 0 radical (unpaired) electrons. The third kappa shape index (κ3) is 2.61. The van der Waals surface area contributed by atoms with E-state index in [4.69, 9.17) is 0 Å². The van der Waals surface area contributed by atoms with Crippen LogP contribution >= 0.6 is 0 Å². The van der Waals surface area contributed by atoms with Gasteiger partial charge in [0.15, 0.2) is 11.5 Å². The quantitative estimate of drug-likeness (QED) is 0.682. The van der Waals surface area contributed by atoms with Crippen LogP contribution in [0.5, 0.6) is 0 Å². The van der Waals surface area contributed by atoms with E-state index in [0.29, 0.717) is 24.3 Å². The molecule has 1 aliphatic heterocycles. The number of H-pyrrole nitrogens is 1. The molecule has 3 N–H and O–H groups in total. The fourth-order valence-electron chi connectivity index (χ4n) is 2.42. The fraction of sp³-hybridized carbons (Fsp3) is 0.133. The fourth-order valence-corrected chi connectivity index (χ4v) is 2.42. The van der Waals surface area contributed by atoms with Crippen LogP contribution in [0.1, 0.15) is 18.4 Å². The van der Waals surface area contributed by atoms with Gasteiger partial charge in [0, 0.05) is 18.5 Å². The first kappa shape index (κ1) is 13.4. The molecule has 8 nitrogen and oxygen atoms in total. The van der Waals surface area contributed by atoms with Crippen LogP contribution in [0.4, 0.5) is 11.5 Å². The van der Waals surface area contributed by atoms with E-state index in [1.165, 1.54) is 6.33 Å². The van der Waals surface area contributed by atoms with Crippen LogP contribution in [0.15, 0.2) is 42.0 Å². The van der Waals surface area contributed by atoms with E-state index < -0.39 is 0 Å². The number of anilines is 2. The number of imidazole rings is 1. The lowest BCUT2D eigenvalue weighted by molar-refractivity contribution is -0.121. The first-order valence-corrected chi connectivity index (χ1v) is 7.16. The third-order valence-corrected chi connectivity index (χ3v) is 3.61. The number of carbonyl (C=O) groups is 1. The molecule has 0 spiro atoms. The zero-order valence-electron chi connectivity index (χ0n) is 12.1. The average Bonchev–Trinajstić information content (AvgIpc) is 3.06. The maximum Gasteiger partial charge on any atom is 0.240 e. The Balaban J connectivity index is 1.57. The number of hydrogen-bond acceptors (Lipinski definition) is 6. The normalized spacial score (nSPS) is 14.4. The Kier molecular flexibility index (Phi) is 3.19. The molecular weight excluding hydrogens is 294 g/mol. The van der Waals surface area contributed by atoms with Gasteiger partial charge in [-0.1, -0.05) is 12.1 Å². The Morgan fingerprint density at radius 1 is 1.04 bits per heavy atom. The predicted molar refractivity (Wildman–Crippen MR) is 85.3 cm³/mol. The van der Waals surface area contributed by atoms with Crippen molar-refractivity contribution in [1.29, 1.82) is 0 Å². The highest BCUT2D eigenvalue weighted by atomic mass is 16.2. The summed E-state index contributed by atoms with van der Waals surface area (Å²) in [7, 11) is 0. The molecule has 4 rings (SSSR count). The molecule has 0 unspecified atom stereocenters. The number of nitrogens with one attached hydrogen (secondary N) is 3. The van der Waals surface area contributed by atoms with Gasteiger partial charge in [-0.15, -0.1) is 0 Å². The summed E-state index contributed by atoms with van der Waals surface area (Å²) in [6, 6.07) is 7.81. The van der Waals surface area contributed by atoms with Crippen molar-refractivity contribution in [2.24, 2.45) is 5.10 Å². The summed E-state index contributed by atoms with van der Waals surface area (Å²) in [6.07, 6.45) is 4.18. The summed E-state index contributed by atoms with van der Waals surface area (Å²) in [5.74, 6) is 0.627. The van der Waals surface area contributed by atoms with E-state index in [1.54, 1.807) is 6.33 Å². The van der Waals surface area contributed by atoms with Crippen LogP contribution in [0.2, 0.25) is 0 Å². The number of fused-ring (bicyclic) bond motifs is 1. The number of rotatable bonds is 3. The second-order valence-electron chi connectivity index (χ2n) is 5.12. The van der Waals surface area contributed by atoms with E-state index in [9.17, 15) is 4.79 Å². The van der Waals surface area contributed by atoms with E-state index in [-0.39, 0.29) is 5.91 Å². The van der Waals surface area contributed by atoms with Gasteiger partial charge in [0.1, 0.15) is 11.8 Å². The number of carbonyl (C=O) groups excluding carboxylic acids is 1.